The van der Waals surface area contributed by atoms with E-state index >= 15 is 0 Å². The minimum absolute atomic E-state index is 0.0549. The SMILES string of the molecule is O=C([O-])CCc1cn(Cc2ccccc2)c2ccccc12. The zero-order valence-electron chi connectivity index (χ0n) is 11.7. The molecule has 0 aliphatic heterocycles. The molecule has 106 valence electrons. The van der Waals surface area contributed by atoms with Crippen LogP contribution in [0.1, 0.15) is 17.5 Å². The second kappa shape index (κ2) is 5.83. The lowest BCUT2D eigenvalue weighted by molar-refractivity contribution is -0.305. The summed E-state index contributed by atoms with van der Waals surface area (Å²) in [5.41, 5.74) is 3.42. The summed E-state index contributed by atoms with van der Waals surface area (Å²) in [4.78, 5) is 10.7. The number of aliphatic carboxylic acids is 1. The van der Waals surface area contributed by atoms with Gasteiger partial charge in [-0.1, -0.05) is 48.5 Å². The van der Waals surface area contributed by atoms with Gasteiger partial charge in [0.25, 0.3) is 0 Å². The van der Waals surface area contributed by atoms with Crippen molar-refractivity contribution in [2.45, 2.75) is 19.4 Å². The Morgan fingerprint density at radius 3 is 2.48 bits per heavy atom. The second-order valence-electron chi connectivity index (χ2n) is 5.16. The van der Waals surface area contributed by atoms with Crippen molar-refractivity contribution in [3.05, 3.63) is 71.9 Å². The zero-order chi connectivity index (χ0) is 14.7. The van der Waals surface area contributed by atoms with E-state index in [0.29, 0.717) is 6.42 Å². The number of benzene rings is 2. The van der Waals surface area contributed by atoms with Gasteiger partial charge in [-0.25, -0.2) is 0 Å². The van der Waals surface area contributed by atoms with Crippen LogP contribution in [0.25, 0.3) is 10.9 Å². The van der Waals surface area contributed by atoms with Gasteiger partial charge in [0.15, 0.2) is 0 Å². The fraction of sp³-hybridized carbons (Fsp3) is 0.167. The Morgan fingerprint density at radius 1 is 1.00 bits per heavy atom. The largest absolute Gasteiger partial charge is 0.550 e. The minimum Gasteiger partial charge on any atom is -0.550 e. The average molecular weight is 278 g/mol. The van der Waals surface area contributed by atoms with Crippen molar-refractivity contribution in [2.24, 2.45) is 0 Å². The van der Waals surface area contributed by atoms with Crippen LogP contribution in [0.2, 0.25) is 0 Å². The third kappa shape index (κ3) is 2.97. The predicted molar refractivity (Wildman–Crippen MR) is 80.8 cm³/mol. The van der Waals surface area contributed by atoms with E-state index in [9.17, 15) is 9.90 Å². The van der Waals surface area contributed by atoms with Crippen molar-refractivity contribution in [2.75, 3.05) is 0 Å². The Balaban J connectivity index is 1.96. The zero-order valence-corrected chi connectivity index (χ0v) is 11.7. The number of nitrogens with zero attached hydrogens (tertiary/aromatic N) is 1. The van der Waals surface area contributed by atoms with E-state index in [1.165, 1.54) is 5.56 Å². The van der Waals surface area contributed by atoms with Gasteiger partial charge >= 0.3 is 0 Å². The molecule has 1 aromatic heterocycles. The van der Waals surface area contributed by atoms with Crippen LogP contribution < -0.4 is 5.11 Å². The normalized spacial score (nSPS) is 10.9. The van der Waals surface area contributed by atoms with Crippen molar-refractivity contribution >= 4 is 16.9 Å². The van der Waals surface area contributed by atoms with Gasteiger partial charge in [0, 0.05) is 29.6 Å². The molecular weight excluding hydrogens is 262 g/mol. The number of rotatable bonds is 5. The highest BCUT2D eigenvalue weighted by Gasteiger charge is 2.08. The van der Waals surface area contributed by atoms with E-state index in [1.54, 1.807) is 0 Å². The molecule has 0 N–H and O–H groups in total. The Kier molecular flexibility index (Phi) is 3.73. The lowest BCUT2D eigenvalue weighted by atomic mass is 10.1. The van der Waals surface area contributed by atoms with Gasteiger partial charge in [0.05, 0.1) is 0 Å². The summed E-state index contributed by atoms with van der Waals surface area (Å²) >= 11 is 0. The van der Waals surface area contributed by atoms with Gasteiger partial charge in [-0.05, 0) is 30.0 Å². The summed E-state index contributed by atoms with van der Waals surface area (Å²) in [7, 11) is 0. The Bertz CT molecular complexity index is 759. The van der Waals surface area contributed by atoms with Gasteiger partial charge in [0.2, 0.25) is 0 Å². The van der Waals surface area contributed by atoms with Crippen molar-refractivity contribution in [3.8, 4) is 0 Å². The van der Waals surface area contributed by atoms with Crippen LogP contribution in [-0.4, -0.2) is 10.5 Å². The maximum absolute atomic E-state index is 10.7. The van der Waals surface area contributed by atoms with Crippen LogP contribution in [-0.2, 0) is 17.8 Å². The monoisotopic (exact) mass is 278 g/mol. The number of carbonyl (C=O) groups excluding carboxylic acids is 1. The van der Waals surface area contributed by atoms with Gasteiger partial charge in [-0.3, -0.25) is 0 Å². The van der Waals surface area contributed by atoms with Crippen molar-refractivity contribution in [3.63, 3.8) is 0 Å². The van der Waals surface area contributed by atoms with E-state index in [0.717, 1.165) is 23.0 Å². The molecule has 0 unspecified atom stereocenters. The summed E-state index contributed by atoms with van der Waals surface area (Å²) in [5, 5.41) is 11.8. The quantitative estimate of drug-likeness (QED) is 0.719. The molecule has 0 amide bonds. The molecule has 3 nitrogen and oxygen atoms in total. The van der Waals surface area contributed by atoms with Gasteiger partial charge in [-0.15, -0.1) is 0 Å². The second-order valence-corrected chi connectivity index (χ2v) is 5.16. The highest BCUT2D eigenvalue weighted by Crippen LogP contribution is 2.23. The first-order valence-electron chi connectivity index (χ1n) is 7.04. The standard InChI is InChI=1S/C18H17NO2/c20-18(21)11-10-15-13-19(12-14-6-2-1-3-7-14)17-9-5-4-8-16(15)17/h1-9,13H,10-12H2,(H,20,21)/p-1. The number of para-hydroxylation sites is 1. The molecule has 0 saturated carbocycles. The fourth-order valence-corrected chi connectivity index (χ4v) is 2.67. The first-order valence-corrected chi connectivity index (χ1v) is 7.04. The van der Waals surface area contributed by atoms with E-state index in [-0.39, 0.29) is 6.42 Å². The Hall–Kier alpha value is -2.55. The maximum atomic E-state index is 10.7. The summed E-state index contributed by atoms with van der Waals surface area (Å²) in [6.07, 6.45) is 2.62. The summed E-state index contributed by atoms with van der Waals surface area (Å²) in [6, 6.07) is 18.3. The van der Waals surface area contributed by atoms with Crippen molar-refractivity contribution < 1.29 is 9.90 Å². The molecule has 0 radical (unpaired) electrons. The van der Waals surface area contributed by atoms with E-state index < -0.39 is 5.97 Å². The minimum atomic E-state index is -1.00. The fourth-order valence-electron chi connectivity index (χ4n) is 2.67. The third-order valence-corrected chi connectivity index (χ3v) is 3.67. The molecule has 3 rings (SSSR count). The molecule has 3 heteroatoms. The summed E-state index contributed by atoms with van der Waals surface area (Å²) in [6.45, 7) is 0.784. The van der Waals surface area contributed by atoms with Crippen molar-refractivity contribution in [1.82, 2.24) is 4.57 Å². The van der Waals surface area contributed by atoms with Crippen LogP contribution in [0.3, 0.4) is 0 Å². The molecule has 3 aromatic rings. The smallest absolute Gasteiger partial charge is 0.0486 e. The highest BCUT2D eigenvalue weighted by molar-refractivity contribution is 5.84. The molecule has 1 heterocycles. The molecule has 21 heavy (non-hydrogen) atoms. The molecule has 0 atom stereocenters. The summed E-state index contributed by atoms with van der Waals surface area (Å²) < 4.78 is 2.18. The molecule has 0 saturated heterocycles. The third-order valence-electron chi connectivity index (χ3n) is 3.67. The maximum Gasteiger partial charge on any atom is 0.0486 e. The molecule has 0 fully saturated rings. The lowest BCUT2D eigenvalue weighted by Gasteiger charge is -2.05. The van der Waals surface area contributed by atoms with Crippen LogP contribution in [0, 0.1) is 0 Å². The molecule has 2 aromatic carbocycles. The number of fused-ring (bicyclic) bond motifs is 1. The molecule has 0 bridgehead atoms. The van der Waals surface area contributed by atoms with E-state index in [2.05, 4.69) is 29.0 Å². The molecular formula is C18H16NO2-. The Labute approximate surface area is 123 Å². The number of aromatic nitrogens is 1. The highest BCUT2D eigenvalue weighted by atomic mass is 16.4. The van der Waals surface area contributed by atoms with Crippen molar-refractivity contribution in [1.29, 1.82) is 0 Å². The van der Waals surface area contributed by atoms with E-state index in [1.807, 2.05) is 36.4 Å². The number of hydrogen-bond donors (Lipinski definition) is 0. The van der Waals surface area contributed by atoms with Gasteiger partial charge in [0.1, 0.15) is 0 Å². The lowest BCUT2D eigenvalue weighted by Crippen LogP contribution is -2.22. The van der Waals surface area contributed by atoms with Gasteiger partial charge < -0.3 is 14.5 Å². The van der Waals surface area contributed by atoms with Crippen LogP contribution >= 0.6 is 0 Å². The predicted octanol–water partition coefficient (Wildman–Crippen LogP) is 2.37. The molecule has 0 spiro atoms. The first kappa shape index (κ1) is 13.4. The van der Waals surface area contributed by atoms with E-state index in [4.69, 9.17) is 0 Å². The first-order chi connectivity index (χ1) is 10.2. The number of carbonyl (C=O) groups is 1. The van der Waals surface area contributed by atoms with Gasteiger partial charge in [-0.2, -0.15) is 0 Å². The summed E-state index contributed by atoms with van der Waals surface area (Å²) in [5.74, 6) is -1.00. The molecule has 0 aliphatic rings. The average Bonchev–Trinajstić information content (AvgIpc) is 2.85. The topological polar surface area (TPSA) is 45.1 Å². The number of carboxylic acids is 1. The number of hydrogen-bond acceptors (Lipinski definition) is 2. The van der Waals surface area contributed by atoms with Crippen LogP contribution in [0.4, 0.5) is 0 Å². The van der Waals surface area contributed by atoms with Crippen LogP contribution in [0.15, 0.2) is 60.8 Å². The number of aryl methyl sites for hydroxylation is 1. The molecule has 0 aliphatic carbocycles. The number of carboxylic acid groups (broad SMARTS) is 1. The van der Waals surface area contributed by atoms with Crippen LogP contribution in [0.5, 0.6) is 0 Å². The Morgan fingerprint density at radius 2 is 1.71 bits per heavy atom.